The Kier molecular flexibility index (Phi) is 8.48. The molecule has 38 heavy (non-hydrogen) atoms. The van der Waals surface area contributed by atoms with Crippen LogP contribution < -0.4 is 18.9 Å². The molecule has 0 heterocycles. The van der Waals surface area contributed by atoms with Crippen molar-refractivity contribution < 1.29 is 34.3 Å². The highest BCUT2D eigenvalue weighted by atomic mass is 16.5. The van der Waals surface area contributed by atoms with E-state index in [-0.39, 0.29) is 28.7 Å². The van der Waals surface area contributed by atoms with E-state index in [1.54, 1.807) is 25.3 Å². The normalized spacial score (nSPS) is 10.7. The summed E-state index contributed by atoms with van der Waals surface area (Å²) in [5.41, 5.74) is 3.84. The van der Waals surface area contributed by atoms with Gasteiger partial charge in [-0.15, -0.1) is 0 Å². The number of phenols is 3. The standard InChI is InChI=1S/C31H32O7/c1-35-24-8-4-6-20(14-24)10-11-21-7-5-9-25(15-21)38-29-19-23(18-28(34)31(29)37-3)13-12-22-16-26(32)30(36-2)27(33)17-22/h4-9,14-19,32-34H,10-13H2,1-3H3. The van der Waals surface area contributed by atoms with Gasteiger partial charge in [0.15, 0.2) is 23.0 Å². The van der Waals surface area contributed by atoms with Gasteiger partial charge in [0.1, 0.15) is 11.5 Å². The molecule has 4 aromatic carbocycles. The molecule has 0 unspecified atom stereocenters. The Bertz CT molecular complexity index is 1370. The molecule has 7 nitrogen and oxygen atoms in total. The number of hydrogen-bond acceptors (Lipinski definition) is 7. The highest BCUT2D eigenvalue weighted by Gasteiger charge is 2.15. The van der Waals surface area contributed by atoms with Gasteiger partial charge in [0.2, 0.25) is 11.5 Å². The van der Waals surface area contributed by atoms with Crippen LogP contribution >= 0.6 is 0 Å². The molecule has 0 aliphatic carbocycles. The first-order chi connectivity index (χ1) is 18.4. The summed E-state index contributed by atoms with van der Waals surface area (Å²) in [7, 11) is 4.53. The summed E-state index contributed by atoms with van der Waals surface area (Å²) < 4.78 is 21.9. The first kappa shape index (κ1) is 26.5. The SMILES string of the molecule is COc1cccc(CCc2cccc(Oc3cc(CCc4cc(O)c(OC)c(O)c4)cc(O)c3OC)c2)c1. The molecule has 4 rings (SSSR count). The molecule has 0 amide bonds. The molecule has 0 saturated carbocycles. The van der Waals surface area contributed by atoms with Gasteiger partial charge in [0.25, 0.3) is 0 Å². The lowest BCUT2D eigenvalue weighted by atomic mass is 10.0. The largest absolute Gasteiger partial charge is 0.504 e. The van der Waals surface area contributed by atoms with Crippen LogP contribution in [-0.2, 0) is 25.7 Å². The third-order valence-electron chi connectivity index (χ3n) is 6.28. The molecule has 0 aliphatic rings. The second-order valence-corrected chi connectivity index (χ2v) is 8.91. The molecule has 198 valence electrons. The second kappa shape index (κ2) is 12.1. The number of aromatic hydroxyl groups is 3. The van der Waals surface area contributed by atoms with E-state index >= 15 is 0 Å². The zero-order chi connectivity index (χ0) is 27.1. The Morgan fingerprint density at radius 2 is 0.974 bits per heavy atom. The van der Waals surface area contributed by atoms with Crippen LogP contribution in [-0.4, -0.2) is 36.6 Å². The van der Waals surface area contributed by atoms with E-state index in [4.69, 9.17) is 18.9 Å². The third-order valence-corrected chi connectivity index (χ3v) is 6.28. The number of rotatable bonds is 11. The maximum absolute atomic E-state index is 10.6. The van der Waals surface area contributed by atoms with E-state index in [0.29, 0.717) is 24.3 Å². The zero-order valence-corrected chi connectivity index (χ0v) is 21.7. The Balaban J connectivity index is 1.49. The number of ether oxygens (including phenoxy) is 4. The van der Waals surface area contributed by atoms with Crippen LogP contribution in [0, 0.1) is 0 Å². The van der Waals surface area contributed by atoms with Gasteiger partial charge in [-0.2, -0.15) is 0 Å². The van der Waals surface area contributed by atoms with Crippen LogP contribution in [0.15, 0.2) is 72.8 Å². The molecular formula is C31H32O7. The zero-order valence-electron chi connectivity index (χ0n) is 21.7. The van der Waals surface area contributed by atoms with Crippen LogP contribution in [0.1, 0.15) is 22.3 Å². The fourth-order valence-corrected chi connectivity index (χ4v) is 4.37. The van der Waals surface area contributed by atoms with Crippen LogP contribution in [0.25, 0.3) is 0 Å². The topological polar surface area (TPSA) is 97.6 Å². The van der Waals surface area contributed by atoms with Crippen molar-refractivity contribution in [2.45, 2.75) is 25.7 Å². The Morgan fingerprint density at radius 1 is 0.500 bits per heavy atom. The third kappa shape index (κ3) is 6.42. The van der Waals surface area contributed by atoms with E-state index in [1.165, 1.54) is 19.8 Å². The summed E-state index contributed by atoms with van der Waals surface area (Å²) in [5.74, 6) is 1.86. The van der Waals surface area contributed by atoms with E-state index < -0.39 is 0 Å². The maximum atomic E-state index is 10.6. The van der Waals surface area contributed by atoms with Gasteiger partial charge < -0.3 is 34.3 Å². The Labute approximate surface area is 222 Å². The molecule has 0 aliphatic heterocycles. The van der Waals surface area contributed by atoms with Gasteiger partial charge in [-0.05, 0) is 96.5 Å². The van der Waals surface area contributed by atoms with E-state index in [9.17, 15) is 15.3 Å². The number of aryl methyl sites for hydroxylation is 4. The molecule has 0 atom stereocenters. The van der Waals surface area contributed by atoms with Gasteiger partial charge in [0, 0.05) is 0 Å². The van der Waals surface area contributed by atoms with Crippen LogP contribution in [0.2, 0.25) is 0 Å². The molecule has 7 heteroatoms. The van der Waals surface area contributed by atoms with Gasteiger partial charge in [0.05, 0.1) is 21.3 Å². The van der Waals surface area contributed by atoms with Crippen LogP contribution in [0.4, 0.5) is 0 Å². The van der Waals surface area contributed by atoms with Crippen molar-refractivity contribution in [2.75, 3.05) is 21.3 Å². The van der Waals surface area contributed by atoms with Crippen molar-refractivity contribution >= 4 is 0 Å². The van der Waals surface area contributed by atoms with Gasteiger partial charge in [-0.25, -0.2) is 0 Å². The summed E-state index contributed by atoms with van der Waals surface area (Å²) >= 11 is 0. The Hall–Kier alpha value is -4.52. The molecule has 0 aromatic heterocycles. The smallest absolute Gasteiger partial charge is 0.203 e. The lowest BCUT2D eigenvalue weighted by Crippen LogP contribution is -1.97. The first-order valence-electron chi connectivity index (χ1n) is 12.3. The van der Waals surface area contributed by atoms with Crippen molar-refractivity contribution in [3.8, 4) is 46.0 Å². The van der Waals surface area contributed by atoms with Crippen molar-refractivity contribution in [1.29, 1.82) is 0 Å². The number of methoxy groups -OCH3 is 3. The van der Waals surface area contributed by atoms with E-state index in [0.717, 1.165) is 35.3 Å². The van der Waals surface area contributed by atoms with Crippen LogP contribution in [0.3, 0.4) is 0 Å². The fraction of sp³-hybridized carbons (Fsp3) is 0.226. The molecule has 0 radical (unpaired) electrons. The van der Waals surface area contributed by atoms with Gasteiger partial charge >= 0.3 is 0 Å². The molecule has 3 N–H and O–H groups in total. The minimum atomic E-state index is -0.129. The lowest BCUT2D eigenvalue weighted by Gasteiger charge is -2.15. The van der Waals surface area contributed by atoms with Crippen molar-refractivity contribution in [2.24, 2.45) is 0 Å². The van der Waals surface area contributed by atoms with Gasteiger partial charge in [-0.1, -0.05) is 24.3 Å². The molecule has 0 bridgehead atoms. The predicted molar refractivity (Wildman–Crippen MR) is 145 cm³/mol. The van der Waals surface area contributed by atoms with Crippen molar-refractivity contribution in [3.05, 3.63) is 95.1 Å². The van der Waals surface area contributed by atoms with E-state index in [2.05, 4.69) is 12.1 Å². The van der Waals surface area contributed by atoms with Crippen molar-refractivity contribution in [3.63, 3.8) is 0 Å². The minimum absolute atomic E-state index is 0.0328. The highest BCUT2D eigenvalue weighted by molar-refractivity contribution is 5.55. The summed E-state index contributed by atoms with van der Waals surface area (Å²) in [4.78, 5) is 0. The van der Waals surface area contributed by atoms with Gasteiger partial charge in [-0.3, -0.25) is 0 Å². The summed E-state index contributed by atoms with van der Waals surface area (Å²) in [6, 6.07) is 22.4. The number of hydrogen-bond donors (Lipinski definition) is 3. The monoisotopic (exact) mass is 516 g/mol. The van der Waals surface area contributed by atoms with Crippen molar-refractivity contribution in [1.82, 2.24) is 0 Å². The highest BCUT2D eigenvalue weighted by Crippen LogP contribution is 2.41. The molecular weight excluding hydrogens is 484 g/mol. The lowest BCUT2D eigenvalue weighted by molar-refractivity contribution is 0.344. The molecule has 0 saturated heterocycles. The average molecular weight is 517 g/mol. The summed E-state index contributed by atoms with van der Waals surface area (Å²) in [6.45, 7) is 0. The predicted octanol–water partition coefficient (Wildman–Crippen LogP) is 6.19. The maximum Gasteiger partial charge on any atom is 0.203 e. The quantitative estimate of drug-likeness (QED) is 0.219. The number of phenolic OH excluding ortho intramolecular Hbond substituents is 3. The second-order valence-electron chi connectivity index (χ2n) is 8.91. The fourth-order valence-electron chi connectivity index (χ4n) is 4.37. The molecule has 0 spiro atoms. The summed E-state index contributed by atoms with van der Waals surface area (Å²) in [6.07, 6.45) is 2.72. The van der Waals surface area contributed by atoms with E-state index in [1.807, 2.05) is 42.5 Å². The Morgan fingerprint density at radius 3 is 1.53 bits per heavy atom. The number of benzene rings is 4. The molecule has 4 aromatic rings. The molecule has 0 fully saturated rings. The van der Waals surface area contributed by atoms with Crippen LogP contribution in [0.5, 0.6) is 46.0 Å². The first-order valence-corrected chi connectivity index (χ1v) is 12.3. The minimum Gasteiger partial charge on any atom is -0.504 e. The summed E-state index contributed by atoms with van der Waals surface area (Å²) in [5, 5.41) is 30.7. The average Bonchev–Trinajstić information content (AvgIpc) is 2.91.